The Balaban J connectivity index is 0.00000288. The molecule has 2 aliphatic rings. The van der Waals surface area contributed by atoms with Crippen molar-refractivity contribution in [2.75, 3.05) is 39.8 Å². The molecule has 0 saturated carbocycles. The highest BCUT2D eigenvalue weighted by atomic mass is 35.5. The number of nitrogens with one attached hydrogen (secondary N) is 2. The first kappa shape index (κ1) is 24.9. The first-order valence-electron chi connectivity index (χ1n) is 9.26. The lowest BCUT2D eigenvalue weighted by molar-refractivity contribution is -0.122. The molecule has 7 heteroatoms. The Hall–Kier alpha value is -0.0700. The molecule has 0 spiro atoms. The number of likely N-dealkylation sites (tertiary alicyclic amines) is 1. The second-order valence-corrected chi connectivity index (χ2v) is 7.74. The minimum Gasteiger partial charge on any atom is -0.381 e. The van der Waals surface area contributed by atoms with E-state index in [-0.39, 0.29) is 36.3 Å². The lowest BCUT2D eigenvalue weighted by Crippen LogP contribution is -2.54. The summed E-state index contributed by atoms with van der Waals surface area (Å²) in [5.41, 5.74) is 0.0170. The Morgan fingerprint density at radius 2 is 1.76 bits per heavy atom. The van der Waals surface area contributed by atoms with Crippen molar-refractivity contribution in [2.24, 2.45) is 5.92 Å². The average Bonchev–Trinajstić information content (AvgIpc) is 2.59. The van der Waals surface area contributed by atoms with Crippen molar-refractivity contribution in [1.82, 2.24) is 15.5 Å². The van der Waals surface area contributed by atoms with E-state index in [4.69, 9.17) is 4.74 Å². The van der Waals surface area contributed by atoms with Crippen LogP contribution in [-0.4, -0.2) is 62.3 Å². The normalized spacial score (nSPS) is 20.4. The van der Waals surface area contributed by atoms with Crippen molar-refractivity contribution in [2.45, 2.75) is 64.0 Å². The minimum atomic E-state index is 0. The van der Waals surface area contributed by atoms with E-state index in [2.05, 4.69) is 29.4 Å². The summed E-state index contributed by atoms with van der Waals surface area (Å²) in [5.74, 6) is 0.937. The van der Waals surface area contributed by atoms with Gasteiger partial charge in [-0.15, -0.1) is 24.8 Å². The third-order valence-electron chi connectivity index (χ3n) is 5.59. The van der Waals surface area contributed by atoms with Gasteiger partial charge in [-0.2, -0.15) is 0 Å². The van der Waals surface area contributed by atoms with Crippen LogP contribution in [0.25, 0.3) is 0 Å². The maximum absolute atomic E-state index is 12.1. The van der Waals surface area contributed by atoms with E-state index in [1.54, 1.807) is 7.11 Å². The number of methoxy groups -OCH3 is 1. The van der Waals surface area contributed by atoms with Gasteiger partial charge in [-0.3, -0.25) is 9.69 Å². The summed E-state index contributed by atoms with van der Waals surface area (Å²) in [6.07, 6.45) is 6.72. The molecule has 25 heavy (non-hydrogen) atoms. The van der Waals surface area contributed by atoms with E-state index in [9.17, 15) is 4.79 Å². The van der Waals surface area contributed by atoms with Crippen LogP contribution in [0.1, 0.15) is 52.4 Å². The molecule has 2 heterocycles. The van der Waals surface area contributed by atoms with E-state index < -0.39 is 0 Å². The Kier molecular flexibility index (Phi) is 12.3. The average molecular weight is 398 g/mol. The van der Waals surface area contributed by atoms with Crippen molar-refractivity contribution >= 4 is 30.7 Å². The largest absolute Gasteiger partial charge is 0.381 e. The fourth-order valence-corrected chi connectivity index (χ4v) is 3.72. The molecular weight excluding hydrogens is 361 g/mol. The smallest absolute Gasteiger partial charge is 0.220 e. The van der Waals surface area contributed by atoms with Crippen LogP contribution in [-0.2, 0) is 9.53 Å². The van der Waals surface area contributed by atoms with Gasteiger partial charge in [0.15, 0.2) is 0 Å². The number of carbonyl (C=O) groups excluding carboxylic acids is 1. The first-order valence-corrected chi connectivity index (χ1v) is 9.26. The number of hydrogen-bond donors (Lipinski definition) is 2. The third kappa shape index (κ3) is 8.44. The van der Waals surface area contributed by atoms with Crippen LogP contribution >= 0.6 is 24.8 Å². The number of hydrogen-bond acceptors (Lipinski definition) is 4. The van der Waals surface area contributed by atoms with Gasteiger partial charge in [0, 0.05) is 38.7 Å². The summed E-state index contributed by atoms with van der Waals surface area (Å²) < 4.78 is 5.44. The maximum atomic E-state index is 12.1. The molecule has 2 rings (SSSR count). The van der Waals surface area contributed by atoms with Crippen molar-refractivity contribution in [3.8, 4) is 0 Å². The fourth-order valence-electron chi connectivity index (χ4n) is 3.72. The van der Waals surface area contributed by atoms with E-state index >= 15 is 0 Å². The van der Waals surface area contributed by atoms with Crippen LogP contribution in [0.15, 0.2) is 0 Å². The zero-order chi connectivity index (χ0) is 16.7. The van der Waals surface area contributed by atoms with Gasteiger partial charge >= 0.3 is 0 Å². The molecule has 0 radical (unpaired) electrons. The minimum absolute atomic E-state index is 0. The number of amides is 1. The molecule has 0 aromatic rings. The van der Waals surface area contributed by atoms with Gasteiger partial charge in [-0.1, -0.05) is 0 Å². The Labute approximate surface area is 165 Å². The molecule has 0 atom stereocenters. The van der Waals surface area contributed by atoms with Gasteiger partial charge in [0.1, 0.15) is 0 Å². The topological polar surface area (TPSA) is 53.6 Å². The standard InChI is InChI=1S/C18H35N3O2.2ClH/c1-18(2,21-12-8-16(23-3)9-13-21)14-20-17(22)5-4-15-6-10-19-11-7-15;;/h15-16,19H,4-14H2,1-3H3,(H,20,22);2*1H. The summed E-state index contributed by atoms with van der Waals surface area (Å²) >= 11 is 0. The summed E-state index contributed by atoms with van der Waals surface area (Å²) in [6, 6.07) is 0. The number of carbonyl (C=O) groups is 1. The summed E-state index contributed by atoms with van der Waals surface area (Å²) in [6.45, 7) is 9.51. The number of rotatable bonds is 7. The van der Waals surface area contributed by atoms with Gasteiger partial charge < -0.3 is 15.4 Å². The van der Waals surface area contributed by atoms with Crippen LogP contribution in [0.2, 0.25) is 0 Å². The van der Waals surface area contributed by atoms with Gasteiger partial charge in [0.2, 0.25) is 5.91 Å². The highest BCUT2D eigenvalue weighted by molar-refractivity contribution is 5.85. The van der Waals surface area contributed by atoms with Gasteiger partial charge in [0.25, 0.3) is 0 Å². The molecule has 0 aliphatic carbocycles. The second-order valence-electron chi connectivity index (χ2n) is 7.74. The summed E-state index contributed by atoms with van der Waals surface area (Å²) in [5, 5.41) is 6.53. The lowest BCUT2D eigenvalue weighted by atomic mass is 9.93. The molecule has 0 aromatic carbocycles. The molecule has 5 nitrogen and oxygen atoms in total. The molecule has 1 amide bonds. The van der Waals surface area contributed by atoms with Crippen molar-refractivity contribution in [3.05, 3.63) is 0 Å². The van der Waals surface area contributed by atoms with Crippen LogP contribution < -0.4 is 10.6 Å². The summed E-state index contributed by atoms with van der Waals surface area (Å²) in [4.78, 5) is 14.6. The molecule has 0 aromatic heterocycles. The first-order chi connectivity index (χ1) is 11.0. The Bertz CT molecular complexity index is 369. The predicted molar refractivity (Wildman–Crippen MR) is 108 cm³/mol. The van der Waals surface area contributed by atoms with Crippen molar-refractivity contribution < 1.29 is 9.53 Å². The van der Waals surface area contributed by atoms with E-state index in [0.29, 0.717) is 12.5 Å². The number of ether oxygens (including phenoxy) is 1. The highest BCUT2D eigenvalue weighted by Gasteiger charge is 2.31. The maximum Gasteiger partial charge on any atom is 0.220 e. The monoisotopic (exact) mass is 397 g/mol. The van der Waals surface area contributed by atoms with Crippen molar-refractivity contribution in [3.63, 3.8) is 0 Å². The van der Waals surface area contributed by atoms with E-state index in [1.807, 2.05) is 0 Å². The van der Waals surface area contributed by atoms with Crippen LogP contribution in [0, 0.1) is 5.92 Å². The van der Waals surface area contributed by atoms with Gasteiger partial charge in [0.05, 0.1) is 6.10 Å². The van der Waals surface area contributed by atoms with Crippen LogP contribution in [0.3, 0.4) is 0 Å². The number of halogens is 2. The molecule has 2 saturated heterocycles. The molecule has 2 N–H and O–H groups in total. The number of piperidine rings is 2. The molecule has 2 fully saturated rings. The third-order valence-corrected chi connectivity index (χ3v) is 5.59. The second kappa shape index (κ2) is 12.3. The van der Waals surface area contributed by atoms with Gasteiger partial charge in [-0.25, -0.2) is 0 Å². The molecule has 0 bridgehead atoms. The molecule has 0 unspecified atom stereocenters. The summed E-state index contributed by atoms with van der Waals surface area (Å²) in [7, 11) is 1.80. The van der Waals surface area contributed by atoms with Gasteiger partial charge in [-0.05, 0) is 65.0 Å². The number of nitrogens with zero attached hydrogens (tertiary/aromatic N) is 1. The Morgan fingerprint density at radius 1 is 1.16 bits per heavy atom. The zero-order valence-corrected chi connectivity index (χ0v) is 17.6. The Morgan fingerprint density at radius 3 is 2.32 bits per heavy atom. The van der Waals surface area contributed by atoms with Crippen LogP contribution in [0.4, 0.5) is 0 Å². The lowest BCUT2D eigenvalue weighted by Gasteiger charge is -2.42. The molecule has 150 valence electrons. The highest BCUT2D eigenvalue weighted by Crippen LogP contribution is 2.22. The van der Waals surface area contributed by atoms with E-state index in [0.717, 1.165) is 57.9 Å². The van der Waals surface area contributed by atoms with Crippen molar-refractivity contribution in [1.29, 1.82) is 0 Å². The fraction of sp³-hybridized carbons (Fsp3) is 0.944. The molecule has 2 aliphatic heterocycles. The SMILES string of the molecule is COC1CCN(C(C)(C)CNC(=O)CCC2CCNCC2)CC1.Cl.Cl. The van der Waals surface area contributed by atoms with Crippen LogP contribution in [0.5, 0.6) is 0 Å². The molecular formula is C18H37Cl2N3O2. The van der Waals surface area contributed by atoms with E-state index in [1.165, 1.54) is 12.8 Å². The zero-order valence-electron chi connectivity index (χ0n) is 16.0. The predicted octanol–water partition coefficient (Wildman–Crippen LogP) is 2.62. The quantitative estimate of drug-likeness (QED) is 0.692.